The van der Waals surface area contributed by atoms with Gasteiger partial charge in [0.15, 0.2) is 0 Å². The van der Waals surface area contributed by atoms with Gasteiger partial charge in [0.05, 0.1) is 0 Å². The monoisotopic (exact) mass is 593 g/mol. The minimum Gasteiger partial charge on any atom is -0.343 e. The standard InChI is InChI=1S/C33H36ClN3O3.ClH/c1-22-15-18-36(19-16-22)31(38)20-25-7-5-17-37(30-14-11-26(34)21-29(25)30)33(40)24-9-12-27(13-10-24)35-32(39)28-8-4-3-6-23(28)2;/h3-4,6,8-14,21-22,25H,5,7,15-20H2,1-2H3,(H,35,39);1H. The first-order chi connectivity index (χ1) is 19.3. The number of hydrogen-bond donors (Lipinski definition) is 1. The van der Waals surface area contributed by atoms with Crippen molar-refractivity contribution in [3.63, 3.8) is 0 Å². The van der Waals surface area contributed by atoms with Crippen molar-refractivity contribution in [1.29, 1.82) is 0 Å². The molecule has 5 rings (SSSR count). The molecule has 6 nitrogen and oxygen atoms in total. The van der Waals surface area contributed by atoms with E-state index in [4.69, 9.17) is 11.6 Å². The molecule has 0 radical (unpaired) electrons. The third-order valence-corrected chi connectivity index (χ3v) is 8.47. The Morgan fingerprint density at radius 2 is 1.63 bits per heavy atom. The Balaban J connectivity index is 0.00000387. The summed E-state index contributed by atoms with van der Waals surface area (Å²) in [7, 11) is 0. The van der Waals surface area contributed by atoms with E-state index >= 15 is 0 Å². The van der Waals surface area contributed by atoms with Gasteiger partial charge in [-0.15, -0.1) is 12.4 Å². The van der Waals surface area contributed by atoms with Crippen molar-refractivity contribution in [1.82, 2.24) is 4.90 Å². The van der Waals surface area contributed by atoms with Gasteiger partial charge in [-0.05, 0) is 104 Å². The van der Waals surface area contributed by atoms with Gasteiger partial charge < -0.3 is 15.1 Å². The third kappa shape index (κ3) is 7.11. The highest BCUT2D eigenvalue weighted by Gasteiger charge is 2.30. The van der Waals surface area contributed by atoms with Gasteiger partial charge in [-0.25, -0.2) is 0 Å². The van der Waals surface area contributed by atoms with Gasteiger partial charge >= 0.3 is 0 Å². The van der Waals surface area contributed by atoms with Crippen LogP contribution in [-0.4, -0.2) is 42.3 Å². The summed E-state index contributed by atoms with van der Waals surface area (Å²) in [4.78, 5) is 43.5. The number of hydrogen-bond acceptors (Lipinski definition) is 3. The lowest BCUT2D eigenvalue weighted by atomic mass is 9.90. The lowest BCUT2D eigenvalue weighted by Gasteiger charge is -2.31. The molecule has 3 aromatic rings. The summed E-state index contributed by atoms with van der Waals surface area (Å²) in [5.41, 5.74) is 4.45. The van der Waals surface area contributed by atoms with Gasteiger partial charge in [-0.1, -0.05) is 36.7 Å². The fraction of sp³-hybridized carbons (Fsp3) is 0.364. The van der Waals surface area contributed by atoms with Crippen LogP contribution in [0.15, 0.2) is 66.7 Å². The fourth-order valence-electron chi connectivity index (χ4n) is 5.77. The van der Waals surface area contributed by atoms with Crippen LogP contribution in [0.25, 0.3) is 0 Å². The van der Waals surface area contributed by atoms with E-state index < -0.39 is 0 Å². The molecule has 2 heterocycles. The number of piperidine rings is 1. The van der Waals surface area contributed by atoms with Gasteiger partial charge in [-0.2, -0.15) is 0 Å². The second kappa shape index (κ2) is 13.5. The number of carbonyl (C=O) groups excluding carboxylic acids is 3. The predicted molar refractivity (Wildman–Crippen MR) is 168 cm³/mol. The Morgan fingerprint density at radius 1 is 0.927 bits per heavy atom. The average Bonchev–Trinajstić information content (AvgIpc) is 3.12. The molecule has 3 aromatic carbocycles. The zero-order valence-electron chi connectivity index (χ0n) is 23.6. The van der Waals surface area contributed by atoms with Crippen LogP contribution in [0.2, 0.25) is 5.02 Å². The number of nitrogens with one attached hydrogen (secondary N) is 1. The normalized spacial score (nSPS) is 17.2. The quantitative estimate of drug-likeness (QED) is 0.333. The summed E-state index contributed by atoms with van der Waals surface area (Å²) in [6, 6.07) is 20.1. The predicted octanol–water partition coefficient (Wildman–Crippen LogP) is 7.50. The molecule has 0 aliphatic carbocycles. The van der Waals surface area contributed by atoms with E-state index in [1.807, 2.05) is 42.2 Å². The summed E-state index contributed by atoms with van der Waals surface area (Å²) in [6.07, 6.45) is 4.14. The van der Waals surface area contributed by atoms with E-state index in [0.29, 0.717) is 40.7 Å². The van der Waals surface area contributed by atoms with Crippen molar-refractivity contribution in [2.75, 3.05) is 29.9 Å². The number of halogens is 2. The van der Waals surface area contributed by atoms with E-state index in [9.17, 15) is 14.4 Å². The van der Waals surface area contributed by atoms with Crippen LogP contribution in [0.1, 0.15) is 76.8 Å². The topological polar surface area (TPSA) is 69.7 Å². The molecule has 0 aromatic heterocycles. The summed E-state index contributed by atoms with van der Waals surface area (Å²) >= 11 is 6.42. The Morgan fingerprint density at radius 3 is 2.34 bits per heavy atom. The summed E-state index contributed by atoms with van der Waals surface area (Å²) in [5.74, 6) is 0.565. The van der Waals surface area contributed by atoms with E-state index in [1.54, 1.807) is 41.3 Å². The number of benzene rings is 3. The lowest BCUT2D eigenvalue weighted by molar-refractivity contribution is -0.133. The second-order valence-corrected chi connectivity index (χ2v) is 11.5. The van der Waals surface area contributed by atoms with Gasteiger partial charge in [0, 0.05) is 53.6 Å². The van der Waals surface area contributed by atoms with E-state index in [1.165, 1.54) is 0 Å². The molecule has 1 N–H and O–H groups in total. The highest BCUT2D eigenvalue weighted by Crippen LogP contribution is 2.39. The van der Waals surface area contributed by atoms with Crippen molar-refractivity contribution in [3.8, 4) is 0 Å². The highest BCUT2D eigenvalue weighted by molar-refractivity contribution is 6.30. The zero-order chi connectivity index (χ0) is 28.2. The number of aryl methyl sites for hydroxylation is 1. The molecule has 1 saturated heterocycles. The number of fused-ring (bicyclic) bond motifs is 1. The number of rotatable bonds is 5. The van der Waals surface area contributed by atoms with E-state index in [-0.39, 0.29) is 36.0 Å². The van der Waals surface area contributed by atoms with E-state index in [0.717, 1.165) is 55.6 Å². The van der Waals surface area contributed by atoms with Gasteiger partial charge in [0.1, 0.15) is 0 Å². The largest absolute Gasteiger partial charge is 0.343 e. The van der Waals surface area contributed by atoms with Crippen LogP contribution in [-0.2, 0) is 4.79 Å². The summed E-state index contributed by atoms with van der Waals surface area (Å²) in [6.45, 7) is 6.34. The summed E-state index contributed by atoms with van der Waals surface area (Å²) in [5, 5.41) is 3.52. The molecule has 8 heteroatoms. The van der Waals surface area contributed by atoms with Crippen LogP contribution in [0, 0.1) is 12.8 Å². The number of anilines is 2. The minimum atomic E-state index is -0.185. The Hall–Kier alpha value is -3.35. The first-order valence-electron chi connectivity index (χ1n) is 14.2. The van der Waals surface area contributed by atoms with Crippen molar-refractivity contribution in [2.24, 2.45) is 5.92 Å². The molecule has 0 saturated carbocycles. The fourth-order valence-corrected chi connectivity index (χ4v) is 5.95. The zero-order valence-corrected chi connectivity index (χ0v) is 25.1. The smallest absolute Gasteiger partial charge is 0.258 e. The van der Waals surface area contributed by atoms with E-state index in [2.05, 4.69) is 12.2 Å². The molecule has 216 valence electrons. The third-order valence-electron chi connectivity index (χ3n) is 8.24. The Kier molecular flexibility index (Phi) is 10.1. The molecular weight excluding hydrogens is 557 g/mol. The average molecular weight is 595 g/mol. The van der Waals surface area contributed by atoms with Crippen LogP contribution < -0.4 is 10.2 Å². The highest BCUT2D eigenvalue weighted by atomic mass is 35.5. The minimum absolute atomic E-state index is 0. The summed E-state index contributed by atoms with van der Waals surface area (Å²) < 4.78 is 0. The van der Waals surface area contributed by atoms with Crippen molar-refractivity contribution in [2.45, 2.75) is 51.9 Å². The molecule has 1 unspecified atom stereocenters. The van der Waals surface area contributed by atoms with Crippen LogP contribution in [0.4, 0.5) is 11.4 Å². The van der Waals surface area contributed by atoms with Gasteiger partial charge in [0.25, 0.3) is 11.8 Å². The maximum Gasteiger partial charge on any atom is 0.258 e. The van der Waals surface area contributed by atoms with Gasteiger partial charge in [0.2, 0.25) is 5.91 Å². The van der Waals surface area contributed by atoms with Crippen molar-refractivity contribution < 1.29 is 14.4 Å². The lowest BCUT2D eigenvalue weighted by Crippen LogP contribution is -2.38. The molecule has 1 atom stereocenters. The maximum absolute atomic E-state index is 13.7. The van der Waals surface area contributed by atoms with Crippen molar-refractivity contribution >= 4 is 53.1 Å². The molecule has 0 spiro atoms. The molecule has 2 aliphatic heterocycles. The molecule has 2 aliphatic rings. The number of likely N-dealkylation sites (tertiary alicyclic amines) is 1. The molecule has 0 bridgehead atoms. The Bertz CT molecular complexity index is 1400. The van der Waals surface area contributed by atoms with Gasteiger partial charge in [-0.3, -0.25) is 14.4 Å². The number of carbonyl (C=O) groups is 3. The van der Waals surface area contributed by atoms with Crippen LogP contribution in [0.5, 0.6) is 0 Å². The molecule has 1 fully saturated rings. The second-order valence-electron chi connectivity index (χ2n) is 11.1. The molecular formula is C33H37Cl2N3O3. The Labute approximate surface area is 253 Å². The van der Waals surface area contributed by atoms with Crippen molar-refractivity contribution in [3.05, 3.63) is 94.0 Å². The first kappa shape index (κ1) is 30.6. The first-order valence-corrected chi connectivity index (χ1v) is 14.5. The number of nitrogens with zero attached hydrogens (tertiary/aromatic N) is 2. The van der Waals surface area contributed by atoms with Crippen LogP contribution >= 0.6 is 24.0 Å². The maximum atomic E-state index is 13.7. The SMILES string of the molecule is Cc1ccccc1C(=O)Nc1ccc(C(=O)N2CCCC(CC(=O)N3CCC(C)CC3)c3cc(Cl)ccc32)cc1.Cl. The van der Waals surface area contributed by atoms with Crippen LogP contribution in [0.3, 0.4) is 0 Å². The molecule has 3 amide bonds. The molecule has 41 heavy (non-hydrogen) atoms. The number of amides is 3.